The Balaban J connectivity index is 1.73. The van der Waals surface area contributed by atoms with E-state index in [4.69, 9.17) is 21.1 Å². The Morgan fingerprint density at radius 1 is 1.08 bits per heavy atom. The molecule has 1 heterocycles. The van der Waals surface area contributed by atoms with Crippen LogP contribution in [0.2, 0.25) is 5.02 Å². The fourth-order valence-electron chi connectivity index (χ4n) is 4.26. The van der Waals surface area contributed by atoms with E-state index in [9.17, 15) is 18.0 Å². The zero-order valence-electron chi connectivity index (χ0n) is 20.7. The van der Waals surface area contributed by atoms with E-state index in [2.05, 4.69) is 5.32 Å². The number of aryl methyl sites for hydroxylation is 2. The molecule has 0 fully saturated rings. The Hall–Kier alpha value is -3.08. The molecule has 8 nitrogen and oxygen atoms in total. The number of fused-ring (bicyclic) bond motifs is 1. The number of carbonyl (C=O) groups is 2. The number of methoxy groups -OCH3 is 2. The average Bonchev–Trinajstić information content (AvgIpc) is 3.24. The maximum atomic E-state index is 13.8. The first-order valence-corrected chi connectivity index (χ1v) is 14.2. The second-order valence-electron chi connectivity index (χ2n) is 8.60. The fraction of sp³-hybridized carbons (Fsp3) is 0.308. The van der Waals surface area contributed by atoms with Crippen molar-refractivity contribution in [3.8, 4) is 5.75 Å². The predicted molar refractivity (Wildman–Crippen MR) is 145 cm³/mol. The van der Waals surface area contributed by atoms with Crippen molar-refractivity contribution < 1.29 is 27.5 Å². The van der Waals surface area contributed by atoms with Crippen LogP contribution in [-0.4, -0.2) is 41.1 Å². The van der Waals surface area contributed by atoms with Crippen molar-refractivity contribution in [3.63, 3.8) is 0 Å². The monoisotopic (exact) mass is 562 g/mol. The second-order valence-corrected chi connectivity index (χ2v) is 12.0. The first kappa shape index (κ1) is 27.0. The molecule has 37 heavy (non-hydrogen) atoms. The van der Waals surface area contributed by atoms with Crippen molar-refractivity contribution in [2.75, 3.05) is 30.4 Å². The molecule has 1 aliphatic carbocycles. The highest BCUT2D eigenvalue weighted by atomic mass is 35.5. The van der Waals surface area contributed by atoms with Gasteiger partial charge in [-0.1, -0.05) is 29.3 Å². The van der Waals surface area contributed by atoms with Gasteiger partial charge in [-0.15, -0.1) is 11.3 Å². The molecule has 1 N–H and O–H groups in total. The molecule has 1 amide bonds. The number of nitrogens with one attached hydrogen (secondary N) is 1. The highest BCUT2D eigenvalue weighted by molar-refractivity contribution is 7.92. The molecule has 3 aromatic rings. The lowest BCUT2D eigenvalue weighted by atomic mass is 9.95. The maximum absolute atomic E-state index is 13.8. The standard InChI is InChI=1S/C26H27ClN2O6S2/c1-16-8-11-18(12-9-16)37(32,33)29(20-14-17(27)10-13-21(20)34-2)15-23(30)28-25-24(26(31)35-3)19-6-4-5-7-22(19)36-25/h8-14H,4-7,15H2,1-3H3,(H,28,30). The van der Waals surface area contributed by atoms with Crippen LogP contribution in [0.25, 0.3) is 0 Å². The quantitative estimate of drug-likeness (QED) is 0.378. The van der Waals surface area contributed by atoms with E-state index in [1.54, 1.807) is 18.2 Å². The van der Waals surface area contributed by atoms with E-state index in [0.717, 1.165) is 46.0 Å². The molecule has 0 radical (unpaired) electrons. The Labute approximate surface area is 225 Å². The van der Waals surface area contributed by atoms with Crippen LogP contribution in [-0.2, 0) is 32.4 Å². The van der Waals surface area contributed by atoms with Crippen LogP contribution in [0.5, 0.6) is 5.75 Å². The molecule has 0 atom stereocenters. The number of hydrogen-bond donors (Lipinski definition) is 1. The number of anilines is 2. The smallest absolute Gasteiger partial charge is 0.341 e. The van der Waals surface area contributed by atoms with Gasteiger partial charge in [-0.25, -0.2) is 13.2 Å². The molecule has 0 saturated carbocycles. The minimum atomic E-state index is -4.20. The third-order valence-electron chi connectivity index (χ3n) is 6.12. The highest BCUT2D eigenvalue weighted by Gasteiger charge is 2.32. The SMILES string of the molecule is COC(=O)c1c(NC(=O)CN(c2cc(Cl)ccc2OC)S(=O)(=O)c2ccc(C)cc2)sc2c1CCCC2. The lowest BCUT2D eigenvalue weighted by molar-refractivity contribution is -0.114. The summed E-state index contributed by atoms with van der Waals surface area (Å²) in [7, 11) is -1.50. The number of esters is 1. The molecule has 0 bridgehead atoms. The largest absolute Gasteiger partial charge is 0.495 e. The molecule has 0 saturated heterocycles. The van der Waals surface area contributed by atoms with E-state index in [0.29, 0.717) is 10.6 Å². The maximum Gasteiger partial charge on any atom is 0.341 e. The summed E-state index contributed by atoms with van der Waals surface area (Å²) in [5.41, 5.74) is 2.23. The summed E-state index contributed by atoms with van der Waals surface area (Å²) in [5, 5.41) is 3.40. The van der Waals surface area contributed by atoms with Crippen molar-refractivity contribution >= 4 is 55.5 Å². The van der Waals surface area contributed by atoms with Gasteiger partial charge in [0.05, 0.1) is 30.4 Å². The number of carbonyl (C=O) groups excluding carboxylic acids is 2. The van der Waals surface area contributed by atoms with Crippen LogP contribution in [0, 0.1) is 6.92 Å². The predicted octanol–water partition coefficient (Wildman–Crippen LogP) is 5.22. The number of nitrogens with zero attached hydrogens (tertiary/aromatic N) is 1. The van der Waals surface area contributed by atoms with Gasteiger partial charge in [0.25, 0.3) is 10.0 Å². The third kappa shape index (κ3) is 5.61. The molecule has 2 aromatic carbocycles. The van der Waals surface area contributed by atoms with Crippen molar-refractivity contribution in [3.05, 3.63) is 69.1 Å². The first-order chi connectivity index (χ1) is 17.6. The average molecular weight is 563 g/mol. The molecule has 0 unspecified atom stereocenters. The number of thiophene rings is 1. The van der Waals surface area contributed by atoms with Crippen LogP contribution < -0.4 is 14.4 Å². The van der Waals surface area contributed by atoms with Crippen LogP contribution >= 0.6 is 22.9 Å². The first-order valence-electron chi connectivity index (χ1n) is 11.6. The molecule has 0 spiro atoms. The van der Waals surface area contributed by atoms with Gasteiger partial charge in [0.2, 0.25) is 5.91 Å². The van der Waals surface area contributed by atoms with Crippen molar-refractivity contribution in [1.29, 1.82) is 0 Å². The number of hydrogen-bond acceptors (Lipinski definition) is 7. The number of rotatable bonds is 8. The van der Waals surface area contributed by atoms with E-state index < -0.39 is 28.4 Å². The van der Waals surface area contributed by atoms with Gasteiger partial charge in [0.1, 0.15) is 17.3 Å². The van der Waals surface area contributed by atoms with Gasteiger partial charge in [-0.2, -0.15) is 0 Å². The van der Waals surface area contributed by atoms with Crippen LogP contribution in [0.3, 0.4) is 0 Å². The molecule has 11 heteroatoms. The molecule has 1 aliphatic rings. The van der Waals surface area contributed by atoms with Crippen LogP contribution in [0.1, 0.15) is 39.2 Å². The molecule has 4 rings (SSSR count). The lowest BCUT2D eigenvalue weighted by Gasteiger charge is -2.26. The number of sulfonamides is 1. The summed E-state index contributed by atoms with van der Waals surface area (Å²) in [6.07, 6.45) is 3.48. The van der Waals surface area contributed by atoms with Gasteiger partial charge in [-0.3, -0.25) is 9.10 Å². The number of ether oxygens (including phenoxy) is 2. The Morgan fingerprint density at radius 2 is 1.78 bits per heavy atom. The molecular formula is C26H27ClN2O6S2. The van der Waals surface area contributed by atoms with E-state index in [1.165, 1.54) is 49.8 Å². The van der Waals surface area contributed by atoms with Crippen molar-refractivity contribution in [2.45, 2.75) is 37.5 Å². The second kappa shape index (κ2) is 11.1. The lowest BCUT2D eigenvalue weighted by Crippen LogP contribution is -2.38. The zero-order valence-corrected chi connectivity index (χ0v) is 23.1. The summed E-state index contributed by atoms with van der Waals surface area (Å²) in [5.74, 6) is -0.925. The Bertz CT molecular complexity index is 1430. The van der Waals surface area contributed by atoms with Gasteiger partial charge in [0, 0.05) is 9.90 Å². The minimum absolute atomic E-state index is 0.00904. The molecular weight excluding hydrogens is 536 g/mol. The third-order valence-corrected chi connectivity index (χ3v) is 9.34. The Morgan fingerprint density at radius 3 is 2.46 bits per heavy atom. The summed E-state index contributed by atoms with van der Waals surface area (Å²) < 4.78 is 38.9. The zero-order chi connectivity index (χ0) is 26.7. The summed E-state index contributed by atoms with van der Waals surface area (Å²) in [6.45, 7) is 1.28. The van der Waals surface area contributed by atoms with E-state index in [-0.39, 0.29) is 21.4 Å². The summed E-state index contributed by atoms with van der Waals surface area (Å²) in [4.78, 5) is 27.0. The van der Waals surface area contributed by atoms with Gasteiger partial charge < -0.3 is 14.8 Å². The fourth-order valence-corrected chi connectivity index (χ4v) is 7.15. The summed E-state index contributed by atoms with van der Waals surface area (Å²) in [6, 6.07) is 10.9. The number of amides is 1. The topological polar surface area (TPSA) is 102 Å². The van der Waals surface area contributed by atoms with Crippen molar-refractivity contribution in [2.24, 2.45) is 0 Å². The van der Waals surface area contributed by atoms with E-state index in [1.807, 2.05) is 6.92 Å². The van der Waals surface area contributed by atoms with Gasteiger partial charge in [0.15, 0.2) is 0 Å². The van der Waals surface area contributed by atoms with Crippen LogP contribution in [0.15, 0.2) is 47.4 Å². The van der Waals surface area contributed by atoms with Gasteiger partial charge >= 0.3 is 5.97 Å². The van der Waals surface area contributed by atoms with Gasteiger partial charge in [-0.05, 0) is 68.5 Å². The molecule has 1 aromatic heterocycles. The summed E-state index contributed by atoms with van der Waals surface area (Å²) >= 11 is 7.53. The number of halogens is 1. The normalized spacial score (nSPS) is 13.0. The number of benzene rings is 2. The van der Waals surface area contributed by atoms with E-state index >= 15 is 0 Å². The highest BCUT2D eigenvalue weighted by Crippen LogP contribution is 2.39. The Kier molecular flexibility index (Phi) is 8.11. The minimum Gasteiger partial charge on any atom is -0.495 e. The van der Waals surface area contributed by atoms with Crippen molar-refractivity contribution in [1.82, 2.24) is 0 Å². The molecule has 196 valence electrons. The molecule has 0 aliphatic heterocycles. The van der Waals surface area contributed by atoms with Crippen LogP contribution in [0.4, 0.5) is 10.7 Å².